The Balaban J connectivity index is 2.30. The first-order chi connectivity index (χ1) is 9.37. The molecule has 2 heterocycles. The van der Waals surface area contributed by atoms with Crippen molar-refractivity contribution < 1.29 is 17.9 Å². The fourth-order valence-electron chi connectivity index (χ4n) is 2.16. The van der Waals surface area contributed by atoms with Crippen LogP contribution < -0.4 is 5.32 Å². The zero-order chi connectivity index (χ0) is 14.9. The highest BCUT2D eigenvalue weighted by molar-refractivity contribution is 7.89. The molecule has 0 radical (unpaired) electrons. The van der Waals surface area contributed by atoms with Crippen LogP contribution in [-0.4, -0.2) is 51.0 Å². The van der Waals surface area contributed by atoms with E-state index in [2.05, 4.69) is 10.1 Å². The van der Waals surface area contributed by atoms with E-state index < -0.39 is 16.0 Å². The van der Waals surface area contributed by atoms with Gasteiger partial charge in [-0.2, -0.15) is 4.31 Å². The number of nitrogens with zero attached hydrogens (tertiary/aromatic N) is 1. The van der Waals surface area contributed by atoms with Crippen molar-refractivity contribution >= 4 is 27.3 Å². The topological polar surface area (TPSA) is 75.7 Å². The molecule has 2 unspecified atom stereocenters. The minimum atomic E-state index is -3.57. The molecule has 0 saturated carbocycles. The van der Waals surface area contributed by atoms with Gasteiger partial charge in [0.2, 0.25) is 10.0 Å². The normalized spacial score (nSPS) is 24.6. The first-order valence-electron chi connectivity index (χ1n) is 6.30. The molecule has 1 fully saturated rings. The van der Waals surface area contributed by atoms with Crippen molar-refractivity contribution in [1.82, 2.24) is 9.62 Å². The summed E-state index contributed by atoms with van der Waals surface area (Å²) in [6.07, 6.45) is 0. The molecule has 6 nitrogen and oxygen atoms in total. The lowest BCUT2D eigenvalue weighted by Crippen LogP contribution is -2.56. The maximum atomic E-state index is 12.6. The number of rotatable bonds is 3. The lowest BCUT2D eigenvalue weighted by atomic mass is 10.1. The van der Waals surface area contributed by atoms with Crippen LogP contribution in [0.3, 0.4) is 0 Å². The van der Waals surface area contributed by atoms with E-state index in [-0.39, 0.29) is 17.0 Å². The Kier molecular flexibility index (Phi) is 4.48. The highest BCUT2D eigenvalue weighted by atomic mass is 32.2. The predicted molar refractivity (Wildman–Crippen MR) is 76.5 cm³/mol. The Morgan fingerprint density at radius 3 is 2.85 bits per heavy atom. The van der Waals surface area contributed by atoms with Crippen molar-refractivity contribution in [3.05, 3.63) is 16.3 Å². The smallest absolute Gasteiger partial charge is 0.348 e. The van der Waals surface area contributed by atoms with Crippen LogP contribution in [0.2, 0.25) is 0 Å². The molecule has 2 atom stereocenters. The van der Waals surface area contributed by atoms with Gasteiger partial charge in [0.25, 0.3) is 0 Å². The van der Waals surface area contributed by atoms with Crippen molar-refractivity contribution in [2.45, 2.75) is 30.8 Å². The Morgan fingerprint density at radius 1 is 1.50 bits per heavy atom. The molecule has 1 aliphatic heterocycles. The molecule has 2 rings (SSSR count). The fraction of sp³-hybridized carbons (Fsp3) is 0.583. The van der Waals surface area contributed by atoms with Gasteiger partial charge in [0.05, 0.1) is 12.0 Å². The molecule has 20 heavy (non-hydrogen) atoms. The van der Waals surface area contributed by atoms with E-state index in [1.807, 2.05) is 13.8 Å². The largest absolute Gasteiger partial charge is 0.465 e. The second-order valence-electron chi connectivity index (χ2n) is 4.74. The van der Waals surface area contributed by atoms with Crippen LogP contribution in [0.1, 0.15) is 23.5 Å². The third-order valence-electron chi connectivity index (χ3n) is 3.54. The SMILES string of the molecule is COC(=O)c1cc(S(=O)(=O)N2CCNC(C)C2C)cs1. The summed E-state index contributed by atoms with van der Waals surface area (Å²) in [7, 11) is -2.29. The molecule has 0 bridgehead atoms. The Morgan fingerprint density at radius 2 is 2.20 bits per heavy atom. The van der Waals surface area contributed by atoms with Crippen molar-refractivity contribution in [2.24, 2.45) is 0 Å². The molecule has 1 aromatic heterocycles. The van der Waals surface area contributed by atoms with Gasteiger partial charge in [-0.05, 0) is 19.9 Å². The van der Waals surface area contributed by atoms with Gasteiger partial charge in [0, 0.05) is 30.6 Å². The number of thiophene rings is 1. The molecule has 1 aromatic rings. The highest BCUT2D eigenvalue weighted by Crippen LogP contribution is 2.26. The summed E-state index contributed by atoms with van der Waals surface area (Å²) in [5.41, 5.74) is 0. The molecule has 1 aliphatic rings. The zero-order valence-electron chi connectivity index (χ0n) is 11.6. The van der Waals surface area contributed by atoms with E-state index in [0.29, 0.717) is 18.0 Å². The summed E-state index contributed by atoms with van der Waals surface area (Å²) in [6, 6.07) is 1.35. The number of ether oxygens (including phenoxy) is 1. The monoisotopic (exact) mass is 318 g/mol. The average molecular weight is 318 g/mol. The number of sulfonamides is 1. The Hall–Kier alpha value is -0.960. The van der Waals surface area contributed by atoms with Gasteiger partial charge in [-0.3, -0.25) is 0 Å². The van der Waals surface area contributed by atoms with Crippen molar-refractivity contribution in [3.63, 3.8) is 0 Å². The van der Waals surface area contributed by atoms with E-state index in [4.69, 9.17) is 0 Å². The van der Waals surface area contributed by atoms with Crippen molar-refractivity contribution in [3.8, 4) is 0 Å². The van der Waals surface area contributed by atoms with Crippen LogP contribution in [0, 0.1) is 0 Å². The number of methoxy groups -OCH3 is 1. The minimum absolute atomic E-state index is 0.0947. The molecule has 1 saturated heterocycles. The van der Waals surface area contributed by atoms with E-state index in [0.717, 1.165) is 11.3 Å². The molecule has 0 aliphatic carbocycles. The number of nitrogens with one attached hydrogen (secondary N) is 1. The van der Waals surface area contributed by atoms with Crippen LogP contribution in [0.4, 0.5) is 0 Å². The second kappa shape index (κ2) is 5.80. The number of hydrogen-bond donors (Lipinski definition) is 1. The van der Waals surface area contributed by atoms with Crippen LogP contribution in [0.5, 0.6) is 0 Å². The standard InChI is InChI=1S/C12H18N2O4S2/c1-8-9(2)14(5-4-13-8)20(16,17)10-6-11(19-7-10)12(15)18-3/h6-9,13H,4-5H2,1-3H3. The number of piperazine rings is 1. The molecule has 1 N–H and O–H groups in total. The summed E-state index contributed by atoms with van der Waals surface area (Å²) >= 11 is 1.08. The summed E-state index contributed by atoms with van der Waals surface area (Å²) in [5.74, 6) is -0.516. The summed E-state index contributed by atoms with van der Waals surface area (Å²) in [6.45, 7) is 4.89. The predicted octanol–water partition coefficient (Wildman–Crippen LogP) is 0.906. The van der Waals surface area contributed by atoms with E-state index in [9.17, 15) is 13.2 Å². The van der Waals surface area contributed by atoms with Crippen LogP contribution >= 0.6 is 11.3 Å². The summed E-state index contributed by atoms with van der Waals surface area (Å²) < 4.78 is 31.3. The Bertz CT molecular complexity index is 596. The molecule has 8 heteroatoms. The van der Waals surface area contributed by atoms with Crippen LogP contribution in [-0.2, 0) is 14.8 Å². The second-order valence-corrected chi connectivity index (χ2v) is 7.54. The average Bonchev–Trinajstić information content (AvgIpc) is 2.91. The maximum Gasteiger partial charge on any atom is 0.348 e. The Labute approximate surface area is 122 Å². The van der Waals surface area contributed by atoms with Crippen molar-refractivity contribution in [1.29, 1.82) is 0 Å². The minimum Gasteiger partial charge on any atom is -0.465 e. The van der Waals surface area contributed by atoms with Gasteiger partial charge in [-0.1, -0.05) is 0 Å². The van der Waals surface area contributed by atoms with Gasteiger partial charge in [-0.15, -0.1) is 11.3 Å². The molecule has 0 amide bonds. The van der Waals surface area contributed by atoms with Crippen LogP contribution in [0.15, 0.2) is 16.3 Å². The maximum absolute atomic E-state index is 12.6. The number of hydrogen-bond acceptors (Lipinski definition) is 6. The van der Waals surface area contributed by atoms with Gasteiger partial charge >= 0.3 is 5.97 Å². The molecular weight excluding hydrogens is 300 g/mol. The molecule has 112 valence electrons. The first-order valence-corrected chi connectivity index (χ1v) is 8.62. The lowest BCUT2D eigenvalue weighted by Gasteiger charge is -2.37. The lowest BCUT2D eigenvalue weighted by molar-refractivity contribution is 0.0606. The molecule has 0 spiro atoms. The number of esters is 1. The third-order valence-corrected chi connectivity index (χ3v) is 6.57. The quantitative estimate of drug-likeness (QED) is 0.838. The van der Waals surface area contributed by atoms with Gasteiger partial charge < -0.3 is 10.1 Å². The summed E-state index contributed by atoms with van der Waals surface area (Å²) in [5, 5.41) is 4.73. The van der Waals surface area contributed by atoms with Crippen LogP contribution in [0.25, 0.3) is 0 Å². The number of carbonyl (C=O) groups is 1. The molecule has 0 aromatic carbocycles. The first kappa shape index (κ1) is 15.4. The number of carbonyl (C=O) groups excluding carboxylic acids is 1. The zero-order valence-corrected chi connectivity index (χ0v) is 13.3. The van der Waals surface area contributed by atoms with E-state index in [1.54, 1.807) is 0 Å². The third kappa shape index (κ3) is 2.73. The van der Waals surface area contributed by atoms with E-state index in [1.165, 1.54) is 22.9 Å². The fourth-order valence-corrected chi connectivity index (χ4v) is 5.04. The van der Waals surface area contributed by atoms with Crippen molar-refractivity contribution in [2.75, 3.05) is 20.2 Å². The van der Waals surface area contributed by atoms with Gasteiger partial charge in [0.1, 0.15) is 4.88 Å². The summed E-state index contributed by atoms with van der Waals surface area (Å²) in [4.78, 5) is 11.9. The van der Waals surface area contributed by atoms with Gasteiger partial charge in [0.15, 0.2) is 0 Å². The molecular formula is C12H18N2O4S2. The van der Waals surface area contributed by atoms with Gasteiger partial charge in [-0.25, -0.2) is 13.2 Å². The highest BCUT2D eigenvalue weighted by Gasteiger charge is 2.35. The van der Waals surface area contributed by atoms with E-state index >= 15 is 0 Å².